The highest BCUT2D eigenvalue weighted by molar-refractivity contribution is 7.90. The lowest BCUT2D eigenvalue weighted by Crippen LogP contribution is -2.42. The Morgan fingerprint density at radius 2 is 1.56 bits per heavy atom. The second kappa shape index (κ2) is 7.58. The molecule has 2 atom stereocenters. The van der Waals surface area contributed by atoms with Crippen molar-refractivity contribution in [3.63, 3.8) is 0 Å². The smallest absolute Gasteiger partial charge is 0.250 e. The topological polar surface area (TPSA) is 106 Å². The maximum Gasteiger partial charge on any atom is 0.250 e. The van der Waals surface area contributed by atoms with Crippen LogP contribution in [0.15, 0.2) is 54.6 Å². The molecule has 2 rings (SSSR count). The van der Waals surface area contributed by atoms with Crippen LogP contribution in [0.2, 0.25) is 0 Å². The highest BCUT2D eigenvalue weighted by atomic mass is 32.2. The fourth-order valence-electron chi connectivity index (χ4n) is 2.18. The summed E-state index contributed by atoms with van der Waals surface area (Å²) in [6.45, 7) is 2.84. The first-order valence-electron chi connectivity index (χ1n) is 7.73. The Morgan fingerprint density at radius 3 is 2.16 bits per heavy atom. The summed E-state index contributed by atoms with van der Waals surface area (Å²) in [7, 11) is -3.91. The van der Waals surface area contributed by atoms with Crippen molar-refractivity contribution in [1.29, 1.82) is 0 Å². The van der Waals surface area contributed by atoms with Crippen LogP contribution >= 0.6 is 0 Å². The van der Waals surface area contributed by atoms with Crippen LogP contribution in [0, 0.1) is 0 Å². The molecule has 1 amide bonds. The number of rotatable bonds is 6. The zero-order valence-corrected chi connectivity index (χ0v) is 14.8. The van der Waals surface area contributed by atoms with Gasteiger partial charge in [0.05, 0.1) is 5.92 Å². The molecule has 0 radical (unpaired) electrons. The molecule has 0 heterocycles. The van der Waals surface area contributed by atoms with Crippen LogP contribution in [0.5, 0.6) is 0 Å². The molecule has 132 valence electrons. The predicted octanol–water partition coefficient (Wildman–Crippen LogP) is 1.77. The highest BCUT2D eigenvalue weighted by Gasteiger charge is 2.24. The van der Waals surface area contributed by atoms with Crippen LogP contribution in [-0.2, 0) is 14.8 Å². The Labute approximate surface area is 147 Å². The van der Waals surface area contributed by atoms with Gasteiger partial charge in [-0.15, -0.1) is 0 Å². The average molecular weight is 360 g/mol. The van der Waals surface area contributed by atoms with Crippen LogP contribution in [-0.4, -0.2) is 25.5 Å². The summed E-state index contributed by atoms with van der Waals surface area (Å²) in [5, 5.41) is -1.20. The van der Waals surface area contributed by atoms with Crippen molar-refractivity contribution in [3.05, 3.63) is 71.3 Å². The van der Waals surface area contributed by atoms with Crippen molar-refractivity contribution in [2.24, 2.45) is 5.73 Å². The van der Waals surface area contributed by atoms with E-state index in [0.717, 1.165) is 0 Å². The summed E-state index contributed by atoms with van der Waals surface area (Å²) in [6, 6.07) is 15.4. The molecule has 0 saturated heterocycles. The molecule has 25 heavy (non-hydrogen) atoms. The Kier molecular flexibility index (Phi) is 5.71. The zero-order valence-electron chi connectivity index (χ0n) is 14.0. The second-order valence-corrected chi connectivity index (χ2v) is 7.80. The molecule has 0 saturated carbocycles. The fourth-order valence-corrected chi connectivity index (χ4v) is 2.82. The van der Waals surface area contributed by atoms with Gasteiger partial charge in [0, 0.05) is 11.1 Å². The average Bonchev–Trinajstić information content (AvgIpc) is 2.60. The third kappa shape index (κ3) is 4.52. The summed E-state index contributed by atoms with van der Waals surface area (Å²) in [5.74, 6) is -1.61. The summed E-state index contributed by atoms with van der Waals surface area (Å²) in [5.41, 5.74) is 6.85. The number of nitrogens with one attached hydrogen (secondary N) is 1. The number of ketones is 1. The van der Waals surface area contributed by atoms with Crippen molar-refractivity contribution in [1.82, 2.24) is 4.72 Å². The first-order valence-corrected chi connectivity index (χ1v) is 9.28. The molecule has 0 aromatic heterocycles. The molecule has 0 aliphatic heterocycles. The SMILES string of the molecule is CC(C(=O)NS(=O)(=O)C(C)N)c1cccc(C(=O)c2ccccc2)c1. The number of sulfonamides is 1. The standard InChI is InChI=1S/C18H20N2O4S/c1-12(18(22)20-25(23,24)13(2)19)15-9-6-10-16(11-15)17(21)14-7-4-3-5-8-14/h3-13H,19H2,1-2H3,(H,20,22). The van der Waals surface area contributed by atoms with Gasteiger partial charge in [0.2, 0.25) is 15.9 Å². The van der Waals surface area contributed by atoms with Gasteiger partial charge >= 0.3 is 0 Å². The number of hydrogen-bond acceptors (Lipinski definition) is 5. The Morgan fingerprint density at radius 1 is 0.960 bits per heavy atom. The minimum atomic E-state index is -3.91. The molecule has 2 aromatic carbocycles. The number of amides is 1. The summed E-state index contributed by atoms with van der Waals surface area (Å²) in [6.07, 6.45) is 0. The minimum absolute atomic E-state index is 0.168. The van der Waals surface area contributed by atoms with Gasteiger partial charge in [0.15, 0.2) is 5.78 Å². The first kappa shape index (κ1) is 18.8. The van der Waals surface area contributed by atoms with E-state index in [4.69, 9.17) is 5.73 Å². The molecular weight excluding hydrogens is 340 g/mol. The lowest BCUT2D eigenvalue weighted by molar-refractivity contribution is -0.120. The number of hydrogen-bond donors (Lipinski definition) is 2. The number of carbonyl (C=O) groups excluding carboxylic acids is 2. The third-order valence-electron chi connectivity index (χ3n) is 3.81. The van der Waals surface area contributed by atoms with E-state index in [1.54, 1.807) is 55.5 Å². The zero-order chi connectivity index (χ0) is 18.6. The van der Waals surface area contributed by atoms with E-state index < -0.39 is 27.2 Å². The van der Waals surface area contributed by atoms with Gasteiger partial charge in [-0.05, 0) is 25.5 Å². The van der Waals surface area contributed by atoms with Crippen LogP contribution in [0.1, 0.15) is 41.3 Å². The molecule has 2 unspecified atom stereocenters. The number of nitrogens with two attached hydrogens (primary N) is 1. The second-order valence-electron chi connectivity index (χ2n) is 5.76. The Hall–Kier alpha value is -2.51. The first-order chi connectivity index (χ1) is 11.7. The lowest BCUT2D eigenvalue weighted by atomic mass is 9.95. The number of carbonyl (C=O) groups is 2. The molecule has 2 aromatic rings. The van der Waals surface area contributed by atoms with Gasteiger partial charge in [-0.3, -0.25) is 14.3 Å². The van der Waals surface area contributed by atoms with Gasteiger partial charge in [-0.25, -0.2) is 8.42 Å². The van der Waals surface area contributed by atoms with Gasteiger partial charge in [-0.2, -0.15) is 0 Å². The lowest BCUT2D eigenvalue weighted by Gasteiger charge is -2.15. The van der Waals surface area contributed by atoms with Crippen molar-refractivity contribution >= 4 is 21.7 Å². The van der Waals surface area contributed by atoms with E-state index >= 15 is 0 Å². The van der Waals surface area contributed by atoms with Gasteiger partial charge < -0.3 is 5.73 Å². The Balaban J connectivity index is 2.23. The molecule has 7 heteroatoms. The van der Waals surface area contributed by atoms with E-state index in [9.17, 15) is 18.0 Å². The van der Waals surface area contributed by atoms with Gasteiger partial charge in [-0.1, -0.05) is 48.5 Å². The van der Waals surface area contributed by atoms with Crippen molar-refractivity contribution in [3.8, 4) is 0 Å². The molecular formula is C18H20N2O4S. The van der Waals surface area contributed by atoms with Gasteiger partial charge in [0.25, 0.3) is 0 Å². The van der Waals surface area contributed by atoms with Crippen LogP contribution in [0.4, 0.5) is 0 Å². The molecule has 0 aliphatic carbocycles. The summed E-state index contributed by atoms with van der Waals surface area (Å²) >= 11 is 0. The quantitative estimate of drug-likeness (QED) is 0.764. The number of benzene rings is 2. The highest BCUT2D eigenvalue weighted by Crippen LogP contribution is 2.19. The van der Waals surface area contributed by atoms with E-state index in [0.29, 0.717) is 16.7 Å². The maximum atomic E-state index is 12.5. The fraction of sp³-hybridized carbons (Fsp3) is 0.222. The van der Waals surface area contributed by atoms with Crippen LogP contribution < -0.4 is 10.5 Å². The van der Waals surface area contributed by atoms with E-state index in [1.807, 2.05) is 10.8 Å². The molecule has 0 spiro atoms. The van der Waals surface area contributed by atoms with Crippen molar-refractivity contribution in [2.75, 3.05) is 0 Å². The predicted molar refractivity (Wildman–Crippen MR) is 95.4 cm³/mol. The Bertz CT molecular complexity index is 877. The van der Waals surface area contributed by atoms with Crippen LogP contribution in [0.3, 0.4) is 0 Å². The van der Waals surface area contributed by atoms with Crippen molar-refractivity contribution in [2.45, 2.75) is 25.1 Å². The van der Waals surface area contributed by atoms with Gasteiger partial charge in [0.1, 0.15) is 5.37 Å². The maximum absolute atomic E-state index is 12.5. The molecule has 6 nitrogen and oxygen atoms in total. The third-order valence-corrected chi connectivity index (χ3v) is 5.27. The molecule has 0 fully saturated rings. The van der Waals surface area contributed by atoms with E-state index in [1.165, 1.54) is 6.92 Å². The molecule has 0 bridgehead atoms. The van der Waals surface area contributed by atoms with E-state index in [2.05, 4.69) is 0 Å². The molecule has 0 aliphatic rings. The summed E-state index contributed by atoms with van der Waals surface area (Å²) in [4.78, 5) is 24.7. The normalized spacial score (nSPS) is 13.7. The monoisotopic (exact) mass is 360 g/mol. The van der Waals surface area contributed by atoms with Crippen LogP contribution in [0.25, 0.3) is 0 Å². The van der Waals surface area contributed by atoms with E-state index in [-0.39, 0.29) is 5.78 Å². The summed E-state index contributed by atoms with van der Waals surface area (Å²) < 4.78 is 25.4. The van der Waals surface area contributed by atoms with Crippen molar-refractivity contribution < 1.29 is 18.0 Å². The largest absolute Gasteiger partial charge is 0.314 e. The minimum Gasteiger partial charge on any atom is -0.314 e. The molecule has 3 N–H and O–H groups in total.